The van der Waals surface area contributed by atoms with Crippen LogP contribution in [0, 0.1) is 5.92 Å². The fourth-order valence-electron chi connectivity index (χ4n) is 4.23. The van der Waals surface area contributed by atoms with E-state index < -0.39 is 11.2 Å². The van der Waals surface area contributed by atoms with Gasteiger partial charge in [-0.2, -0.15) is 4.98 Å². The van der Waals surface area contributed by atoms with Crippen molar-refractivity contribution in [3.63, 3.8) is 0 Å². The minimum absolute atomic E-state index is 0.140. The van der Waals surface area contributed by atoms with Gasteiger partial charge in [0.05, 0.1) is 11.2 Å². The lowest BCUT2D eigenvalue weighted by atomic mass is 10.0. The Labute approximate surface area is 211 Å². The molecule has 0 saturated carbocycles. The summed E-state index contributed by atoms with van der Waals surface area (Å²) in [5, 5.41) is 9.44. The number of nitrogens with one attached hydrogen (secondary N) is 3. The molecule has 1 aromatic heterocycles. The fraction of sp³-hybridized carbons (Fsp3) is 0.520. The number of anilines is 1. The Balaban J connectivity index is 1.27. The highest BCUT2D eigenvalue weighted by atomic mass is 16.2. The van der Waals surface area contributed by atoms with E-state index in [4.69, 9.17) is 5.73 Å². The summed E-state index contributed by atoms with van der Waals surface area (Å²) in [6.07, 6.45) is 2.53. The van der Waals surface area contributed by atoms with Crippen LogP contribution < -0.4 is 27.4 Å². The van der Waals surface area contributed by atoms with Crippen LogP contribution in [0.4, 0.5) is 10.6 Å². The zero-order chi connectivity index (χ0) is 25.7. The molecule has 0 bridgehead atoms. The zero-order valence-electron chi connectivity index (χ0n) is 21.0. The van der Waals surface area contributed by atoms with Crippen molar-refractivity contribution in [1.82, 2.24) is 30.0 Å². The van der Waals surface area contributed by atoms with E-state index in [1.807, 2.05) is 24.3 Å². The monoisotopic (exact) mass is 496 g/mol. The van der Waals surface area contributed by atoms with Crippen molar-refractivity contribution in [3.8, 4) is 5.69 Å². The second-order valence-corrected chi connectivity index (χ2v) is 10.0. The van der Waals surface area contributed by atoms with E-state index >= 15 is 0 Å². The van der Waals surface area contributed by atoms with Crippen LogP contribution in [-0.2, 0) is 11.2 Å². The summed E-state index contributed by atoms with van der Waals surface area (Å²) in [5.41, 5.74) is 6.39. The van der Waals surface area contributed by atoms with E-state index in [9.17, 15) is 14.4 Å². The molecule has 3 heterocycles. The molecule has 2 aromatic rings. The van der Waals surface area contributed by atoms with Gasteiger partial charge >= 0.3 is 11.7 Å². The number of nitrogens with zero attached hydrogens (tertiary/aromatic N) is 4. The van der Waals surface area contributed by atoms with Crippen LogP contribution in [0.1, 0.15) is 19.4 Å². The third kappa shape index (κ3) is 6.48. The largest absolute Gasteiger partial charge is 0.354 e. The maximum atomic E-state index is 12.6. The highest BCUT2D eigenvalue weighted by Gasteiger charge is 2.31. The van der Waals surface area contributed by atoms with Gasteiger partial charge in [-0.15, -0.1) is 0 Å². The van der Waals surface area contributed by atoms with Gasteiger partial charge in [-0.05, 0) is 56.5 Å². The Morgan fingerprint density at radius 1 is 1.08 bits per heavy atom. The molecule has 0 radical (unpaired) electrons. The Hall–Kier alpha value is -3.28. The SMILES string of the molecule is CC(C)(N)C(=O)N1CCN(C(=O)Nc2ccn(-c3ccc(CCNCC4CNC4)cc3)c(=O)n2)CC1. The van der Waals surface area contributed by atoms with Crippen molar-refractivity contribution in [2.24, 2.45) is 11.7 Å². The van der Waals surface area contributed by atoms with Crippen LogP contribution in [0.2, 0.25) is 0 Å². The Morgan fingerprint density at radius 2 is 1.75 bits per heavy atom. The maximum Gasteiger partial charge on any atom is 0.354 e. The number of hydrogen-bond acceptors (Lipinski definition) is 7. The average Bonchev–Trinajstić information content (AvgIpc) is 2.82. The lowest BCUT2D eigenvalue weighted by molar-refractivity contribution is -0.137. The van der Waals surface area contributed by atoms with E-state index in [1.54, 1.807) is 35.9 Å². The number of urea groups is 1. The summed E-state index contributed by atoms with van der Waals surface area (Å²) in [7, 11) is 0. The highest BCUT2D eigenvalue weighted by molar-refractivity contribution is 5.89. The van der Waals surface area contributed by atoms with Gasteiger partial charge in [0.2, 0.25) is 5.91 Å². The Bertz CT molecular complexity index is 1110. The van der Waals surface area contributed by atoms with Crippen molar-refractivity contribution in [2.45, 2.75) is 25.8 Å². The molecule has 36 heavy (non-hydrogen) atoms. The first kappa shape index (κ1) is 25.8. The molecule has 4 rings (SSSR count). The highest BCUT2D eigenvalue weighted by Crippen LogP contribution is 2.12. The van der Waals surface area contributed by atoms with Crippen LogP contribution in [0.3, 0.4) is 0 Å². The molecule has 0 spiro atoms. The van der Waals surface area contributed by atoms with E-state index in [0.717, 1.165) is 38.5 Å². The molecule has 1 aromatic carbocycles. The minimum atomic E-state index is -0.941. The molecule has 11 heteroatoms. The van der Waals surface area contributed by atoms with Crippen molar-refractivity contribution in [2.75, 3.05) is 57.7 Å². The van der Waals surface area contributed by atoms with Gasteiger partial charge in [0.25, 0.3) is 0 Å². The summed E-state index contributed by atoms with van der Waals surface area (Å²) >= 11 is 0. The number of rotatable bonds is 8. The summed E-state index contributed by atoms with van der Waals surface area (Å²) in [6.45, 7) is 9.07. The third-order valence-corrected chi connectivity index (χ3v) is 6.55. The van der Waals surface area contributed by atoms with Crippen molar-refractivity contribution in [3.05, 3.63) is 52.6 Å². The molecule has 2 saturated heterocycles. The van der Waals surface area contributed by atoms with Gasteiger partial charge in [-0.25, -0.2) is 9.59 Å². The first-order valence-corrected chi connectivity index (χ1v) is 12.5. The topological polar surface area (TPSA) is 138 Å². The van der Waals surface area contributed by atoms with Crippen LogP contribution in [0.15, 0.2) is 41.3 Å². The van der Waals surface area contributed by atoms with Crippen molar-refractivity contribution >= 4 is 17.8 Å². The normalized spacial score (nSPS) is 16.5. The quantitative estimate of drug-likeness (QED) is 0.378. The zero-order valence-corrected chi connectivity index (χ0v) is 21.0. The maximum absolute atomic E-state index is 12.6. The third-order valence-electron chi connectivity index (χ3n) is 6.55. The number of piperazine rings is 1. The molecule has 3 amide bonds. The predicted octanol–water partition coefficient (Wildman–Crippen LogP) is -0.00260. The smallest absolute Gasteiger partial charge is 0.338 e. The number of nitrogens with two attached hydrogens (primary N) is 1. The number of hydrogen-bond donors (Lipinski definition) is 4. The molecule has 2 fully saturated rings. The van der Waals surface area contributed by atoms with Gasteiger partial charge in [-0.1, -0.05) is 12.1 Å². The first-order valence-electron chi connectivity index (χ1n) is 12.5. The Kier molecular flexibility index (Phi) is 8.02. The standard InChI is InChI=1S/C25H36N8O3/c1-25(2,26)22(34)31-11-13-32(14-12-31)23(35)29-21-8-10-33(24(36)30-21)20-5-3-18(4-6-20)7-9-27-15-19-16-28-17-19/h3-6,8,10,19,27-28H,7,9,11-17,26H2,1-2H3,(H,29,30,35,36). The van der Waals surface area contributed by atoms with E-state index in [0.29, 0.717) is 31.9 Å². The Morgan fingerprint density at radius 3 is 2.33 bits per heavy atom. The molecule has 194 valence electrons. The summed E-state index contributed by atoms with van der Waals surface area (Å²) < 4.78 is 1.44. The van der Waals surface area contributed by atoms with Gasteiger partial charge < -0.3 is 26.2 Å². The van der Waals surface area contributed by atoms with E-state index in [-0.39, 0.29) is 17.8 Å². The predicted molar refractivity (Wildman–Crippen MR) is 138 cm³/mol. The molecule has 0 atom stereocenters. The molecular weight excluding hydrogens is 460 g/mol. The fourth-order valence-corrected chi connectivity index (χ4v) is 4.23. The van der Waals surface area contributed by atoms with Gasteiger partial charge in [0.1, 0.15) is 5.82 Å². The molecule has 5 N–H and O–H groups in total. The number of carbonyl (C=O) groups is 2. The first-order chi connectivity index (χ1) is 17.2. The minimum Gasteiger partial charge on any atom is -0.338 e. The summed E-state index contributed by atoms with van der Waals surface area (Å²) in [5.74, 6) is 0.788. The van der Waals surface area contributed by atoms with Gasteiger partial charge in [-0.3, -0.25) is 14.7 Å². The summed E-state index contributed by atoms with van der Waals surface area (Å²) in [6, 6.07) is 9.07. The second-order valence-electron chi connectivity index (χ2n) is 10.0. The van der Waals surface area contributed by atoms with Crippen LogP contribution in [0.25, 0.3) is 5.69 Å². The summed E-state index contributed by atoms with van der Waals surface area (Å²) in [4.78, 5) is 44.9. The number of benzene rings is 1. The molecule has 11 nitrogen and oxygen atoms in total. The average molecular weight is 497 g/mol. The lowest BCUT2D eigenvalue weighted by Gasteiger charge is -2.37. The van der Waals surface area contributed by atoms with Gasteiger partial charge in [0, 0.05) is 52.0 Å². The number of amides is 3. The number of aromatic nitrogens is 2. The van der Waals surface area contributed by atoms with Crippen LogP contribution >= 0.6 is 0 Å². The second kappa shape index (κ2) is 11.2. The molecule has 2 aliphatic heterocycles. The van der Waals surface area contributed by atoms with Crippen molar-refractivity contribution < 1.29 is 9.59 Å². The van der Waals surface area contributed by atoms with E-state index in [2.05, 4.69) is 20.9 Å². The van der Waals surface area contributed by atoms with Crippen LogP contribution in [0.5, 0.6) is 0 Å². The molecule has 0 unspecified atom stereocenters. The van der Waals surface area contributed by atoms with Gasteiger partial charge in [0.15, 0.2) is 0 Å². The molecular formula is C25H36N8O3. The van der Waals surface area contributed by atoms with Crippen LogP contribution in [-0.4, -0.2) is 89.2 Å². The molecule has 0 aliphatic carbocycles. The lowest BCUT2D eigenvalue weighted by Crippen LogP contribution is -2.58. The van der Waals surface area contributed by atoms with E-state index in [1.165, 1.54) is 10.1 Å². The number of carbonyl (C=O) groups excluding carboxylic acids is 2. The molecule has 2 aliphatic rings. The van der Waals surface area contributed by atoms with Crippen molar-refractivity contribution in [1.29, 1.82) is 0 Å².